The number of nitrogens with zero attached hydrogens (tertiary/aromatic N) is 2. The van der Waals surface area contributed by atoms with Crippen molar-refractivity contribution in [2.45, 2.75) is 20.8 Å². The fraction of sp³-hybridized carbons (Fsp3) is 0.294. The molecule has 0 spiro atoms. The molecule has 0 aliphatic carbocycles. The molecule has 0 aliphatic heterocycles. The van der Waals surface area contributed by atoms with Crippen LogP contribution < -0.4 is 4.74 Å². The maximum Gasteiger partial charge on any atom is 0.357 e. The number of esters is 1. The molecule has 0 fully saturated rings. The van der Waals surface area contributed by atoms with Crippen molar-refractivity contribution in [3.63, 3.8) is 0 Å². The summed E-state index contributed by atoms with van der Waals surface area (Å²) in [4.78, 5) is 16.9. The Morgan fingerprint density at radius 1 is 1.27 bits per heavy atom. The van der Waals surface area contributed by atoms with Crippen LogP contribution in [0.3, 0.4) is 0 Å². The summed E-state index contributed by atoms with van der Waals surface area (Å²) in [7, 11) is 1.62. The van der Waals surface area contributed by atoms with Crippen LogP contribution in [0, 0.1) is 13.8 Å². The first-order valence-electron chi connectivity index (χ1n) is 7.20. The molecule has 5 heteroatoms. The topological polar surface area (TPSA) is 52.8 Å². The number of benzene rings is 1. The third kappa shape index (κ3) is 2.09. The van der Waals surface area contributed by atoms with Crippen molar-refractivity contribution >= 4 is 22.5 Å². The van der Waals surface area contributed by atoms with Crippen molar-refractivity contribution in [3.8, 4) is 5.75 Å². The third-order valence-corrected chi connectivity index (χ3v) is 3.72. The highest BCUT2D eigenvalue weighted by Gasteiger charge is 2.20. The summed E-state index contributed by atoms with van der Waals surface area (Å²) in [6.45, 7) is 5.94. The SMILES string of the molecule is CCOC(=O)c1c(C)nc2c(C)cc3ccc(OC)cc3n12. The fourth-order valence-corrected chi connectivity index (χ4v) is 2.73. The monoisotopic (exact) mass is 298 g/mol. The van der Waals surface area contributed by atoms with E-state index in [-0.39, 0.29) is 5.97 Å². The van der Waals surface area contributed by atoms with Gasteiger partial charge in [-0.15, -0.1) is 0 Å². The quantitative estimate of drug-likeness (QED) is 0.696. The number of pyridine rings is 1. The van der Waals surface area contributed by atoms with E-state index in [1.165, 1.54) is 0 Å². The second kappa shape index (κ2) is 5.33. The summed E-state index contributed by atoms with van der Waals surface area (Å²) in [5, 5.41) is 1.02. The Morgan fingerprint density at radius 2 is 2.05 bits per heavy atom. The highest BCUT2D eigenvalue weighted by Crippen LogP contribution is 2.27. The lowest BCUT2D eigenvalue weighted by Crippen LogP contribution is -2.10. The molecule has 22 heavy (non-hydrogen) atoms. The Morgan fingerprint density at radius 3 is 2.73 bits per heavy atom. The van der Waals surface area contributed by atoms with E-state index in [4.69, 9.17) is 9.47 Å². The molecule has 5 nitrogen and oxygen atoms in total. The van der Waals surface area contributed by atoms with Gasteiger partial charge in [0.25, 0.3) is 0 Å². The lowest BCUT2D eigenvalue weighted by Gasteiger charge is -2.10. The molecule has 0 saturated carbocycles. The highest BCUT2D eigenvalue weighted by molar-refractivity contribution is 5.94. The first-order chi connectivity index (χ1) is 10.6. The van der Waals surface area contributed by atoms with Gasteiger partial charge in [0.05, 0.1) is 24.9 Å². The van der Waals surface area contributed by atoms with Gasteiger partial charge in [0.15, 0.2) is 5.69 Å². The van der Waals surface area contributed by atoms with E-state index in [9.17, 15) is 4.79 Å². The van der Waals surface area contributed by atoms with Gasteiger partial charge >= 0.3 is 5.97 Å². The molecule has 3 rings (SSSR count). The molecule has 3 aromatic rings. The number of hydrogen-bond acceptors (Lipinski definition) is 4. The second-order valence-corrected chi connectivity index (χ2v) is 5.18. The minimum absolute atomic E-state index is 0.332. The summed E-state index contributed by atoms with van der Waals surface area (Å²) in [5.41, 5.74) is 3.79. The maximum absolute atomic E-state index is 12.3. The van der Waals surface area contributed by atoms with Gasteiger partial charge in [-0.1, -0.05) is 0 Å². The Labute approximate surface area is 128 Å². The molecular weight excluding hydrogens is 280 g/mol. The number of carbonyl (C=O) groups is 1. The summed E-state index contributed by atoms with van der Waals surface area (Å²) >= 11 is 0. The summed E-state index contributed by atoms with van der Waals surface area (Å²) in [6.07, 6.45) is 0. The van der Waals surface area contributed by atoms with E-state index in [0.29, 0.717) is 18.0 Å². The number of ether oxygens (including phenoxy) is 2. The average Bonchev–Trinajstić information content (AvgIpc) is 2.85. The van der Waals surface area contributed by atoms with E-state index in [0.717, 1.165) is 27.9 Å². The lowest BCUT2D eigenvalue weighted by molar-refractivity contribution is 0.0518. The van der Waals surface area contributed by atoms with Crippen molar-refractivity contribution in [3.05, 3.63) is 41.2 Å². The van der Waals surface area contributed by atoms with Crippen molar-refractivity contribution < 1.29 is 14.3 Å². The number of methoxy groups -OCH3 is 1. The number of aryl methyl sites for hydroxylation is 2. The van der Waals surface area contributed by atoms with E-state index < -0.39 is 0 Å². The van der Waals surface area contributed by atoms with E-state index in [1.807, 2.05) is 36.4 Å². The summed E-state index contributed by atoms with van der Waals surface area (Å²) < 4.78 is 12.4. The zero-order chi connectivity index (χ0) is 15.9. The number of hydrogen-bond donors (Lipinski definition) is 0. The van der Waals surface area contributed by atoms with Gasteiger partial charge in [0, 0.05) is 6.07 Å². The molecule has 1 aromatic carbocycles. The van der Waals surface area contributed by atoms with Gasteiger partial charge in [0.1, 0.15) is 11.4 Å². The zero-order valence-electron chi connectivity index (χ0n) is 13.1. The van der Waals surface area contributed by atoms with Crippen molar-refractivity contribution in [1.82, 2.24) is 9.38 Å². The molecule has 0 saturated heterocycles. The number of aromatic nitrogens is 2. The van der Waals surface area contributed by atoms with Crippen molar-refractivity contribution in [2.24, 2.45) is 0 Å². The molecular formula is C17H18N2O3. The third-order valence-electron chi connectivity index (χ3n) is 3.72. The van der Waals surface area contributed by atoms with Crippen LogP contribution in [0.2, 0.25) is 0 Å². The Bertz CT molecular complexity index is 881. The largest absolute Gasteiger partial charge is 0.497 e. The van der Waals surface area contributed by atoms with Crippen LogP contribution in [-0.4, -0.2) is 29.1 Å². The van der Waals surface area contributed by atoms with E-state index in [2.05, 4.69) is 11.1 Å². The van der Waals surface area contributed by atoms with Crippen LogP contribution in [0.4, 0.5) is 0 Å². The predicted molar refractivity (Wildman–Crippen MR) is 84.7 cm³/mol. The molecule has 0 aliphatic rings. The molecule has 0 unspecified atom stereocenters. The number of fused-ring (bicyclic) bond motifs is 3. The zero-order valence-corrected chi connectivity index (χ0v) is 13.1. The van der Waals surface area contributed by atoms with Crippen LogP contribution in [0.1, 0.15) is 28.7 Å². The van der Waals surface area contributed by atoms with Gasteiger partial charge < -0.3 is 9.47 Å². The first kappa shape index (κ1) is 14.4. The minimum atomic E-state index is -0.359. The van der Waals surface area contributed by atoms with Crippen LogP contribution in [0.5, 0.6) is 5.75 Å². The van der Waals surface area contributed by atoms with E-state index >= 15 is 0 Å². The smallest absolute Gasteiger partial charge is 0.357 e. The van der Waals surface area contributed by atoms with Gasteiger partial charge in [-0.25, -0.2) is 9.78 Å². The molecule has 0 atom stereocenters. The van der Waals surface area contributed by atoms with E-state index in [1.54, 1.807) is 14.0 Å². The lowest BCUT2D eigenvalue weighted by atomic mass is 10.1. The standard InChI is InChI=1S/C17H18N2O3/c1-5-22-17(20)15-11(3)18-16-10(2)8-12-6-7-13(21-4)9-14(12)19(15)16/h6-9H,5H2,1-4H3. The summed E-state index contributed by atoms with van der Waals surface area (Å²) in [6, 6.07) is 7.85. The van der Waals surface area contributed by atoms with Crippen LogP contribution in [0.25, 0.3) is 16.6 Å². The predicted octanol–water partition coefficient (Wildman–Crippen LogP) is 3.29. The minimum Gasteiger partial charge on any atom is -0.497 e. The Kier molecular flexibility index (Phi) is 3.48. The Balaban J connectivity index is 2.44. The number of imidazole rings is 1. The molecule has 2 aromatic heterocycles. The van der Waals surface area contributed by atoms with Crippen molar-refractivity contribution in [2.75, 3.05) is 13.7 Å². The molecule has 0 bridgehead atoms. The van der Waals surface area contributed by atoms with Gasteiger partial charge in [0.2, 0.25) is 0 Å². The van der Waals surface area contributed by atoms with Crippen LogP contribution in [-0.2, 0) is 4.74 Å². The van der Waals surface area contributed by atoms with Gasteiger partial charge in [-0.3, -0.25) is 4.40 Å². The van der Waals surface area contributed by atoms with Gasteiger partial charge in [-0.2, -0.15) is 0 Å². The van der Waals surface area contributed by atoms with Crippen LogP contribution in [0.15, 0.2) is 24.3 Å². The normalized spacial score (nSPS) is 11.1. The molecule has 0 N–H and O–H groups in total. The average molecular weight is 298 g/mol. The molecule has 0 radical (unpaired) electrons. The number of rotatable bonds is 3. The second-order valence-electron chi connectivity index (χ2n) is 5.18. The Hall–Kier alpha value is -2.56. The molecule has 2 heterocycles. The maximum atomic E-state index is 12.3. The molecule has 0 amide bonds. The molecule has 114 valence electrons. The summed E-state index contributed by atoms with van der Waals surface area (Å²) in [5.74, 6) is 0.376. The van der Waals surface area contributed by atoms with Crippen molar-refractivity contribution in [1.29, 1.82) is 0 Å². The highest BCUT2D eigenvalue weighted by atomic mass is 16.5. The number of carbonyl (C=O) groups excluding carboxylic acids is 1. The van der Waals surface area contributed by atoms with Gasteiger partial charge in [-0.05, 0) is 49.9 Å². The van der Waals surface area contributed by atoms with Crippen LogP contribution >= 0.6 is 0 Å². The fourth-order valence-electron chi connectivity index (χ4n) is 2.73. The first-order valence-corrected chi connectivity index (χ1v) is 7.20.